The van der Waals surface area contributed by atoms with Gasteiger partial charge in [0.05, 0.1) is 27.0 Å². The van der Waals surface area contributed by atoms with Crippen molar-refractivity contribution in [3.05, 3.63) is 77.4 Å². The Morgan fingerprint density at radius 2 is 1.67 bits per heavy atom. The summed E-state index contributed by atoms with van der Waals surface area (Å²) in [5.41, 5.74) is 4.72. The van der Waals surface area contributed by atoms with Gasteiger partial charge in [-0.15, -0.1) is 0 Å². The molecule has 1 aliphatic heterocycles. The molecule has 204 valence electrons. The highest BCUT2D eigenvalue weighted by Crippen LogP contribution is 2.33. The third-order valence-electron chi connectivity index (χ3n) is 6.56. The number of carbonyl (C=O) groups excluding carboxylic acids is 2. The van der Waals surface area contributed by atoms with Crippen molar-refractivity contribution >= 4 is 40.1 Å². The van der Waals surface area contributed by atoms with Crippen LogP contribution in [0.1, 0.15) is 23.1 Å². The lowest BCUT2D eigenvalue weighted by atomic mass is 10.1. The molecule has 3 aromatic rings. The van der Waals surface area contributed by atoms with Crippen LogP contribution in [0.5, 0.6) is 17.2 Å². The van der Waals surface area contributed by atoms with E-state index < -0.39 is 5.25 Å². The van der Waals surface area contributed by atoms with Crippen LogP contribution in [0.2, 0.25) is 0 Å². The van der Waals surface area contributed by atoms with Crippen LogP contribution in [-0.4, -0.2) is 55.0 Å². The molecule has 1 saturated heterocycles. The van der Waals surface area contributed by atoms with Crippen molar-refractivity contribution in [2.75, 3.05) is 33.2 Å². The average molecular weight is 548 g/mol. The number of nitrogens with one attached hydrogen (secondary N) is 1. The molecule has 1 aliphatic rings. The van der Waals surface area contributed by atoms with Crippen LogP contribution in [-0.2, 0) is 16.0 Å². The van der Waals surface area contributed by atoms with E-state index in [9.17, 15) is 9.59 Å². The van der Waals surface area contributed by atoms with E-state index in [0.717, 1.165) is 22.6 Å². The molecule has 9 heteroatoms. The maximum atomic E-state index is 13.5. The number of rotatable bonds is 10. The van der Waals surface area contributed by atoms with Crippen molar-refractivity contribution in [3.8, 4) is 17.2 Å². The third-order valence-corrected chi connectivity index (χ3v) is 7.73. The third kappa shape index (κ3) is 6.92. The fourth-order valence-electron chi connectivity index (χ4n) is 4.16. The Hall–Kier alpha value is -3.98. The number of amidine groups is 1. The number of carbonyl (C=O) groups is 2. The second-order valence-electron chi connectivity index (χ2n) is 9.18. The Morgan fingerprint density at radius 3 is 2.33 bits per heavy atom. The Bertz CT molecular complexity index is 1370. The highest BCUT2D eigenvalue weighted by atomic mass is 32.2. The van der Waals surface area contributed by atoms with Crippen LogP contribution >= 0.6 is 11.8 Å². The lowest BCUT2D eigenvalue weighted by Gasteiger charge is -2.17. The number of amides is 2. The molecule has 1 unspecified atom stereocenters. The lowest BCUT2D eigenvalue weighted by molar-refractivity contribution is -0.128. The zero-order valence-electron chi connectivity index (χ0n) is 22.8. The van der Waals surface area contributed by atoms with E-state index in [4.69, 9.17) is 19.2 Å². The summed E-state index contributed by atoms with van der Waals surface area (Å²) in [7, 11) is 4.72. The van der Waals surface area contributed by atoms with Gasteiger partial charge in [0, 0.05) is 24.7 Å². The number of hydrogen-bond donors (Lipinski definition) is 1. The van der Waals surface area contributed by atoms with Crippen LogP contribution in [0.4, 0.5) is 11.4 Å². The van der Waals surface area contributed by atoms with Crippen molar-refractivity contribution in [1.29, 1.82) is 0 Å². The standard InChI is InChI=1S/C30H33N3O5S/c1-19-6-9-22(16-20(19)2)32-30-33(15-14-21-7-11-24(36-3)12-8-21)29(35)27(39-30)18-28(34)31-23-10-13-25(37-4)26(17-23)38-5/h6-13,16-17,27H,14-15,18H2,1-5H3,(H,31,34). The first-order valence-corrected chi connectivity index (χ1v) is 13.5. The largest absolute Gasteiger partial charge is 0.497 e. The summed E-state index contributed by atoms with van der Waals surface area (Å²) in [5, 5.41) is 2.89. The van der Waals surface area contributed by atoms with Gasteiger partial charge in [0.2, 0.25) is 11.8 Å². The van der Waals surface area contributed by atoms with E-state index in [0.29, 0.717) is 35.3 Å². The van der Waals surface area contributed by atoms with Gasteiger partial charge in [0.15, 0.2) is 16.7 Å². The van der Waals surface area contributed by atoms with Gasteiger partial charge in [-0.3, -0.25) is 14.5 Å². The SMILES string of the molecule is COc1ccc(CCN2C(=O)C(CC(=O)Nc3ccc(OC)c(OC)c3)SC2=Nc2ccc(C)c(C)c2)cc1. The Labute approximate surface area is 233 Å². The molecule has 2 amide bonds. The molecule has 1 atom stereocenters. The zero-order valence-corrected chi connectivity index (χ0v) is 23.6. The fraction of sp³-hybridized carbons (Fsp3) is 0.300. The topological polar surface area (TPSA) is 89.5 Å². The second kappa shape index (κ2) is 12.7. The summed E-state index contributed by atoms with van der Waals surface area (Å²) in [6.45, 7) is 4.54. The number of aliphatic imine (C=N–C) groups is 1. The van der Waals surface area contributed by atoms with Crippen LogP contribution in [0.25, 0.3) is 0 Å². The van der Waals surface area contributed by atoms with Crippen LogP contribution in [0.15, 0.2) is 65.7 Å². The number of nitrogens with zero attached hydrogens (tertiary/aromatic N) is 2. The van der Waals surface area contributed by atoms with Crippen molar-refractivity contribution in [1.82, 2.24) is 4.90 Å². The van der Waals surface area contributed by atoms with E-state index in [-0.39, 0.29) is 18.2 Å². The molecular formula is C30H33N3O5S. The summed E-state index contributed by atoms with van der Waals surface area (Å²) in [5.74, 6) is 1.46. The van der Waals surface area contributed by atoms with Gasteiger partial charge in [0.25, 0.3) is 0 Å². The van der Waals surface area contributed by atoms with Gasteiger partial charge >= 0.3 is 0 Å². The highest BCUT2D eigenvalue weighted by Gasteiger charge is 2.39. The number of aryl methyl sites for hydroxylation is 2. The molecule has 0 saturated carbocycles. The number of anilines is 1. The zero-order chi connectivity index (χ0) is 27.9. The highest BCUT2D eigenvalue weighted by molar-refractivity contribution is 8.15. The minimum Gasteiger partial charge on any atom is -0.497 e. The van der Waals surface area contributed by atoms with Crippen molar-refractivity contribution in [3.63, 3.8) is 0 Å². The van der Waals surface area contributed by atoms with E-state index in [1.807, 2.05) is 56.3 Å². The first-order valence-electron chi connectivity index (χ1n) is 12.6. The Kier molecular flexibility index (Phi) is 9.14. The van der Waals surface area contributed by atoms with Gasteiger partial charge < -0.3 is 19.5 Å². The van der Waals surface area contributed by atoms with E-state index >= 15 is 0 Å². The Morgan fingerprint density at radius 1 is 0.923 bits per heavy atom. The van der Waals surface area contributed by atoms with Gasteiger partial charge in [0.1, 0.15) is 11.0 Å². The van der Waals surface area contributed by atoms with Crippen molar-refractivity contribution in [2.45, 2.75) is 31.9 Å². The van der Waals surface area contributed by atoms with Gasteiger partial charge in [-0.05, 0) is 73.4 Å². The van der Waals surface area contributed by atoms with E-state index in [1.54, 1.807) is 37.3 Å². The molecule has 0 spiro atoms. The first-order chi connectivity index (χ1) is 18.8. The minimum absolute atomic E-state index is 0.0167. The second-order valence-corrected chi connectivity index (χ2v) is 10.3. The van der Waals surface area contributed by atoms with Gasteiger partial charge in [-0.2, -0.15) is 0 Å². The van der Waals surface area contributed by atoms with Gasteiger partial charge in [-0.1, -0.05) is 30.0 Å². The number of benzene rings is 3. The average Bonchev–Trinajstić information content (AvgIpc) is 3.22. The van der Waals surface area contributed by atoms with Gasteiger partial charge in [-0.25, -0.2) is 4.99 Å². The minimum atomic E-state index is -0.577. The molecule has 0 bridgehead atoms. The first kappa shape index (κ1) is 28.0. The van der Waals surface area contributed by atoms with Crippen molar-refractivity contribution < 1.29 is 23.8 Å². The summed E-state index contributed by atoms with van der Waals surface area (Å²) < 4.78 is 15.8. The maximum Gasteiger partial charge on any atom is 0.242 e. The molecule has 0 aromatic heterocycles. The van der Waals surface area contributed by atoms with E-state index in [2.05, 4.69) is 5.32 Å². The lowest BCUT2D eigenvalue weighted by Crippen LogP contribution is -2.35. The smallest absolute Gasteiger partial charge is 0.242 e. The molecule has 1 fully saturated rings. The fourth-order valence-corrected chi connectivity index (χ4v) is 5.35. The molecule has 0 aliphatic carbocycles. The Balaban J connectivity index is 1.51. The predicted molar refractivity (Wildman–Crippen MR) is 156 cm³/mol. The number of methoxy groups -OCH3 is 3. The predicted octanol–water partition coefficient (Wildman–Crippen LogP) is 5.53. The maximum absolute atomic E-state index is 13.5. The molecular weight excluding hydrogens is 514 g/mol. The summed E-state index contributed by atoms with van der Waals surface area (Å²) in [4.78, 5) is 33.0. The van der Waals surface area contributed by atoms with Crippen molar-refractivity contribution in [2.24, 2.45) is 4.99 Å². The molecule has 1 heterocycles. The van der Waals surface area contributed by atoms with Crippen LogP contribution in [0.3, 0.4) is 0 Å². The van der Waals surface area contributed by atoms with E-state index in [1.165, 1.54) is 24.4 Å². The molecule has 0 radical (unpaired) electrons. The number of thioether (sulfide) groups is 1. The molecule has 1 N–H and O–H groups in total. The monoisotopic (exact) mass is 547 g/mol. The van der Waals surface area contributed by atoms with Crippen LogP contribution < -0.4 is 19.5 Å². The molecule has 8 nitrogen and oxygen atoms in total. The molecule has 4 rings (SSSR count). The molecule has 39 heavy (non-hydrogen) atoms. The molecule has 3 aromatic carbocycles. The number of hydrogen-bond acceptors (Lipinski definition) is 7. The normalized spacial score (nSPS) is 15.9. The summed E-state index contributed by atoms with van der Waals surface area (Å²) >= 11 is 1.33. The number of ether oxygens (including phenoxy) is 3. The summed E-state index contributed by atoms with van der Waals surface area (Å²) in [6, 6.07) is 18.9. The van der Waals surface area contributed by atoms with Crippen LogP contribution in [0, 0.1) is 13.8 Å². The summed E-state index contributed by atoms with van der Waals surface area (Å²) in [6.07, 6.45) is 0.662. The quantitative estimate of drug-likeness (QED) is 0.359.